The number of carbonyl (C=O) groups excluding carboxylic acids is 2. The topological polar surface area (TPSA) is 102 Å². The van der Waals surface area contributed by atoms with Crippen molar-refractivity contribution in [2.75, 3.05) is 18.1 Å². The van der Waals surface area contributed by atoms with Gasteiger partial charge in [0.15, 0.2) is 0 Å². The quantitative estimate of drug-likeness (QED) is 0.481. The van der Waals surface area contributed by atoms with E-state index in [1.807, 2.05) is 30.3 Å². The van der Waals surface area contributed by atoms with E-state index in [-0.39, 0.29) is 30.8 Å². The van der Waals surface area contributed by atoms with Crippen LogP contribution in [-0.4, -0.2) is 31.2 Å². The van der Waals surface area contributed by atoms with Crippen molar-refractivity contribution in [2.24, 2.45) is 5.92 Å². The van der Waals surface area contributed by atoms with E-state index in [1.54, 1.807) is 18.2 Å². The van der Waals surface area contributed by atoms with Crippen LogP contribution in [0, 0.1) is 5.92 Å². The van der Waals surface area contributed by atoms with Crippen LogP contribution in [-0.2, 0) is 16.1 Å². The van der Waals surface area contributed by atoms with E-state index in [0.717, 1.165) is 18.4 Å². The van der Waals surface area contributed by atoms with Gasteiger partial charge in [0.2, 0.25) is 11.3 Å². The highest BCUT2D eigenvalue weighted by Crippen LogP contribution is 2.38. The lowest BCUT2D eigenvalue weighted by Gasteiger charge is -2.22. The van der Waals surface area contributed by atoms with Crippen molar-refractivity contribution in [3.63, 3.8) is 0 Å². The standard InChI is InChI=1S/C26H23ClN2O6/c27-17-8-9-18(20(12-17)34-13-16-6-7-16)21-22(24(31)23(21)30)29-11-10-19(25(29)32)28-26(33)35-14-15-4-2-1-3-5-15/h1-5,8-9,12,16,19H,6-7,10-11,13-14H2,(H,28,33)/t19-/m1/s1. The molecule has 3 aromatic carbocycles. The van der Waals surface area contributed by atoms with Crippen LogP contribution in [0.1, 0.15) is 24.8 Å². The van der Waals surface area contributed by atoms with Gasteiger partial charge in [0.1, 0.15) is 24.1 Å². The molecule has 0 unspecified atom stereocenters. The van der Waals surface area contributed by atoms with Gasteiger partial charge in [0.25, 0.3) is 5.43 Å². The molecule has 0 spiro atoms. The molecule has 1 aliphatic carbocycles. The Labute approximate surface area is 206 Å². The minimum atomic E-state index is -0.855. The zero-order chi connectivity index (χ0) is 24.5. The van der Waals surface area contributed by atoms with Crippen molar-refractivity contribution in [3.05, 3.63) is 79.6 Å². The third kappa shape index (κ3) is 4.79. The molecule has 1 saturated heterocycles. The van der Waals surface area contributed by atoms with Gasteiger partial charge in [-0.05, 0) is 48.9 Å². The van der Waals surface area contributed by atoms with Gasteiger partial charge in [0, 0.05) is 17.1 Å². The van der Waals surface area contributed by atoms with Crippen molar-refractivity contribution in [1.29, 1.82) is 0 Å². The second-order valence-electron chi connectivity index (χ2n) is 8.81. The molecule has 8 nitrogen and oxygen atoms in total. The summed E-state index contributed by atoms with van der Waals surface area (Å²) in [6.45, 7) is 0.754. The smallest absolute Gasteiger partial charge is 0.408 e. The van der Waals surface area contributed by atoms with E-state index in [9.17, 15) is 19.2 Å². The largest absolute Gasteiger partial charge is 0.493 e. The predicted octanol–water partition coefficient (Wildman–Crippen LogP) is 3.42. The van der Waals surface area contributed by atoms with Crippen LogP contribution in [0.15, 0.2) is 58.1 Å². The molecular weight excluding hydrogens is 472 g/mol. The fourth-order valence-corrected chi connectivity index (χ4v) is 4.31. The third-order valence-corrected chi connectivity index (χ3v) is 6.48. The number of nitrogens with one attached hydrogen (secondary N) is 1. The lowest BCUT2D eigenvalue weighted by Crippen LogP contribution is -2.46. The molecule has 1 N–H and O–H groups in total. The summed E-state index contributed by atoms with van der Waals surface area (Å²) >= 11 is 6.13. The summed E-state index contributed by atoms with van der Waals surface area (Å²) in [6, 6.07) is 13.2. The lowest BCUT2D eigenvalue weighted by atomic mass is 9.96. The van der Waals surface area contributed by atoms with Gasteiger partial charge < -0.3 is 19.7 Å². The average Bonchev–Trinajstić information content (AvgIpc) is 3.64. The molecule has 0 radical (unpaired) electrons. The van der Waals surface area contributed by atoms with Gasteiger partial charge in [-0.15, -0.1) is 0 Å². The molecule has 1 heterocycles. The highest BCUT2D eigenvalue weighted by Gasteiger charge is 2.40. The van der Waals surface area contributed by atoms with Gasteiger partial charge in [-0.3, -0.25) is 14.4 Å². The van der Waals surface area contributed by atoms with Gasteiger partial charge in [0.05, 0.1) is 12.2 Å². The Kier molecular flexibility index (Phi) is 6.30. The van der Waals surface area contributed by atoms with Crippen LogP contribution in [0.5, 0.6) is 5.75 Å². The number of ether oxygens (including phenoxy) is 2. The fourth-order valence-electron chi connectivity index (χ4n) is 4.14. The first-order valence-corrected chi connectivity index (χ1v) is 11.8. The number of carbonyl (C=O) groups is 2. The van der Waals surface area contributed by atoms with Gasteiger partial charge in [-0.25, -0.2) is 4.79 Å². The summed E-state index contributed by atoms with van der Waals surface area (Å²) in [5.41, 5.74) is 0.00619. The normalized spacial score (nSPS) is 17.6. The van der Waals surface area contributed by atoms with E-state index in [4.69, 9.17) is 21.1 Å². The molecule has 5 rings (SSSR count). The number of amides is 2. The van der Waals surface area contributed by atoms with Gasteiger partial charge in [-0.1, -0.05) is 41.9 Å². The second kappa shape index (κ2) is 9.54. The molecule has 9 heteroatoms. The summed E-state index contributed by atoms with van der Waals surface area (Å²) in [5, 5.41) is 3.00. The molecule has 180 valence electrons. The predicted molar refractivity (Wildman–Crippen MR) is 131 cm³/mol. The molecule has 0 aromatic heterocycles. The highest BCUT2D eigenvalue weighted by atomic mass is 35.5. The monoisotopic (exact) mass is 494 g/mol. The maximum Gasteiger partial charge on any atom is 0.408 e. The number of halogens is 1. The first kappa shape index (κ1) is 23.1. The van der Waals surface area contributed by atoms with Gasteiger partial charge >= 0.3 is 6.09 Å². The Morgan fingerprint density at radius 2 is 1.80 bits per heavy atom. The summed E-state index contributed by atoms with van der Waals surface area (Å²) in [4.78, 5) is 51.7. The molecular formula is C26H23ClN2O6. The second-order valence-corrected chi connectivity index (χ2v) is 9.25. The molecule has 1 saturated carbocycles. The minimum absolute atomic E-state index is 0.0283. The average molecular weight is 495 g/mol. The van der Waals surface area contributed by atoms with Crippen molar-refractivity contribution < 1.29 is 19.1 Å². The maximum absolute atomic E-state index is 13.0. The number of benzene rings is 2. The van der Waals surface area contributed by atoms with Crippen LogP contribution < -0.4 is 25.8 Å². The summed E-state index contributed by atoms with van der Waals surface area (Å²) in [7, 11) is 0. The highest BCUT2D eigenvalue weighted by molar-refractivity contribution is 6.30. The number of anilines is 1. The zero-order valence-electron chi connectivity index (χ0n) is 18.8. The molecule has 2 aliphatic rings. The van der Waals surface area contributed by atoms with Crippen LogP contribution in [0.4, 0.5) is 10.5 Å². The molecule has 1 atom stereocenters. The van der Waals surface area contributed by atoms with E-state index >= 15 is 0 Å². The summed E-state index contributed by atoms with van der Waals surface area (Å²) < 4.78 is 11.1. The summed E-state index contributed by atoms with van der Waals surface area (Å²) in [6.07, 6.45) is 1.73. The molecule has 2 fully saturated rings. The number of alkyl carbamates (subject to hydrolysis) is 1. The SMILES string of the molecule is O=C(N[C@@H]1CCN(c2c(-c3ccc(Cl)cc3OCC3CC3)c(=O)c2=O)C1=O)OCc1ccccc1. The molecule has 0 bridgehead atoms. The molecule has 3 aromatic rings. The lowest BCUT2D eigenvalue weighted by molar-refractivity contribution is -0.118. The van der Waals surface area contributed by atoms with Crippen molar-refractivity contribution in [1.82, 2.24) is 5.32 Å². The fraction of sp³-hybridized carbons (Fsp3) is 0.308. The van der Waals surface area contributed by atoms with Crippen LogP contribution in [0.25, 0.3) is 11.1 Å². The maximum atomic E-state index is 13.0. The van der Waals surface area contributed by atoms with E-state index < -0.39 is 28.9 Å². The number of hydrogen-bond donors (Lipinski definition) is 1. The van der Waals surface area contributed by atoms with Crippen LogP contribution in [0.2, 0.25) is 5.02 Å². The first-order chi connectivity index (χ1) is 16.9. The molecule has 2 amide bonds. The Bertz CT molecular complexity index is 1340. The van der Waals surface area contributed by atoms with Gasteiger partial charge in [-0.2, -0.15) is 0 Å². The van der Waals surface area contributed by atoms with Crippen molar-refractivity contribution in [3.8, 4) is 16.9 Å². The number of hydrogen-bond acceptors (Lipinski definition) is 6. The Morgan fingerprint density at radius 3 is 2.54 bits per heavy atom. The van der Waals surface area contributed by atoms with Crippen LogP contribution >= 0.6 is 11.6 Å². The van der Waals surface area contributed by atoms with Crippen molar-refractivity contribution >= 4 is 29.3 Å². The third-order valence-electron chi connectivity index (χ3n) is 6.25. The van der Waals surface area contributed by atoms with E-state index in [1.165, 1.54) is 4.90 Å². The Hall–Kier alpha value is -3.65. The first-order valence-electron chi connectivity index (χ1n) is 11.5. The van der Waals surface area contributed by atoms with Crippen LogP contribution in [0.3, 0.4) is 0 Å². The van der Waals surface area contributed by atoms with E-state index in [0.29, 0.717) is 28.9 Å². The number of rotatable bonds is 8. The molecule has 1 aliphatic heterocycles. The van der Waals surface area contributed by atoms with E-state index in [2.05, 4.69) is 5.32 Å². The van der Waals surface area contributed by atoms with Crippen molar-refractivity contribution in [2.45, 2.75) is 31.9 Å². The molecule has 35 heavy (non-hydrogen) atoms. The Morgan fingerprint density at radius 1 is 1.03 bits per heavy atom. The minimum Gasteiger partial charge on any atom is -0.493 e. The Balaban J connectivity index is 1.31. The zero-order valence-corrected chi connectivity index (χ0v) is 19.5. The number of nitrogens with zero attached hydrogens (tertiary/aromatic N) is 1. The summed E-state index contributed by atoms with van der Waals surface area (Å²) in [5.74, 6) is 0.413.